The van der Waals surface area contributed by atoms with Gasteiger partial charge < -0.3 is 5.32 Å². The Bertz CT molecular complexity index is 873. The molecule has 0 aliphatic heterocycles. The Hall–Kier alpha value is -3.16. The van der Waals surface area contributed by atoms with E-state index in [2.05, 4.69) is 20.5 Å². The minimum atomic E-state index is -0.783. The first-order valence-corrected chi connectivity index (χ1v) is 7.38. The lowest BCUT2D eigenvalue weighted by Gasteiger charge is -2.04. The van der Waals surface area contributed by atoms with E-state index in [9.17, 15) is 18.0 Å². The van der Waals surface area contributed by atoms with Gasteiger partial charge in [0.05, 0.1) is 6.42 Å². The van der Waals surface area contributed by atoms with Crippen LogP contribution in [0.5, 0.6) is 0 Å². The molecule has 0 radical (unpaired) electrons. The van der Waals surface area contributed by atoms with Crippen LogP contribution in [0.2, 0.25) is 0 Å². The monoisotopic (exact) mass is 346 g/mol. The van der Waals surface area contributed by atoms with Crippen molar-refractivity contribution in [3.05, 3.63) is 77.1 Å². The van der Waals surface area contributed by atoms with Gasteiger partial charge in [-0.25, -0.2) is 18.2 Å². The minimum absolute atomic E-state index is 0.0181. The van der Waals surface area contributed by atoms with E-state index in [1.165, 1.54) is 12.1 Å². The van der Waals surface area contributed by atoms with Gasteiger partial charge in [-0.05, 0) is 29.8 Å². The molecular weight excluding hydrogens is 333 g/mol. The summed E-state index contributed by atoms with van der Waals surface area (Å²) in [5, 5.41) is 9.01. The summed E-state index contributed by atoms with van der Waals surface area (Å²) in [4.78, 5) is 16.1. The molecule has 1 amide bonds. The summed E-state index contributed by atoms with van der Waals surface area (Å²) in [5.74, 6) is -1.63. The largest absolute Gasteiger partial charge is 0.325 e. The number of aromatic nitrogens is 3. The van der Waals surface area contributed by atoms with Gasteiger partial charge in [0.25, 0.3) is 0 Å². The minimum Gasteiger partial charge on any atom is -0.325 e. The zero-order valence-electron chi connectivity index (χ0n) is 12.9. The van der Waals surface area contributed by atoms with Gasteiger partial charge >= 0.3 is 0 Å². The van der Waals surface area contributed by atoms with Gasteiger partial charge in [-0.1, -0.05) is 12.1 Å². The summed E-state index contributed by atoms with van der Waals surface area (Å²) >= 11 is 0. The first-order valence-electron chi connectivity index (χ1n) is 7.38. The molecule has 25 heavy (non-hydrogen) atoms. The van der Waals surface area contributed by atoms with Crippen molar-refractivity contribution in [2.75, 3.05) is 5.32 Å². The van der Waals surface area contributed by atoms with Crippen LogP contribution >= 0.6 is 0 Å². The van der Waals surface area contributed by atoms with Crippen LogP contribution in [0.15, 0.2) is 42.5 Å². The molecule has 1 aromatic heterocycles. The number of halogens is 3. The third kappa shape index (κ3) is 4.66. The van der Waals surface area contributed by atoms with Gasteiger partial charge in [0, 0.05) is 18.2 Å². The van der Waals surface area contributed by atoms with E-state index in [-0.39, 0.29) is 23.7 Å². The molecule has 2 aromatic carbocycles. The molecule has 5 nitrogen and oxygen atoms in total. The van der Waals surface area contributed by atoms with Crippen molar-refractivity contribution in [3.63, 3.8) is 0 Å². The van der Waals surface area contributed by atoms with Crippen LogP contribution in [0.3, 0.4) is 0 Å². The highest BCUT2D eigenvalue weighted by Gasteiger charge is 2.11. The molecule has 3 aromatic rings. The predicted octanol–water partition coefficient (Wildman–Crippen LogP) is 2.99. The van der Waals surface area contributed by atoms with Gasteiger partial charge in [0.2, 0.25) is 5.91 Å². The number of carbonyl (C=O) groups excluding carboxylic acids is 1. The standard InChI is InChI=1S/C17H13F3N4O/c18-11-3-1-10(2-4-11)5-15-22-16(24-23-15)9-17(25)21-14-7-12(19)6-13(20)8-14/h1-4,6-8H,5,9H2,(H,21,25)(H,22,23,24). The van der Waals surface area contributed by atoms with E-state index in [1.54, 1.807) is 12.1 Å². The second-order valence-corrected chi connectivity index (χ2v) is 5.38. The maximum Gasteiger partial charge on any atom is 0.232 e. The molecule has 0 saturated heterocycles. The number of benzene rings is 2. The van der Waals surface area contributed by atoms with Crippen molar-refractivity contribution in [3.8, 4) is 0 Å². The highest BCUT2D eigenvalue weighted by atomic mass is 19.1. The van der Waals surface area contributed by atoms with Crippen molar-refractivity contribution in [2.45, 2.75) is 12.8 Å². The number of hydrogen-bond acceptors (Lipinski definition) is 3. The van der Waals surface area contributed by atoms with Crippen molar-refractivity contribution in [2.24, 2.45) is 0 Å². The van der Waals surface area contributed by atoms with Crippen molar-refractivity contribution in [1.82, 2.24) is 15.2 Å². The van der Waals surface area contributed by atoms with E-state index in [0.29, 0.717) is 18.3 Å². The molecule has 3 rings (SSSR count). The second kappa shape index (κ2) is 7.16. The summed E-state index contributed by atoms with van der Waals surface area (Å²) in [5.41, 5.74) is 0.855. The third-order valence-corrected chi connectivity index (χ3v) is 3.33. The van der Waals surface area contributed by atoms with Gasteiger partial charge in [0.15, 0.2) is 5.82 Å². The number of H-pyrrole nitrogens is 1. The molecule has 0 atom stereocenters. The number of amides is 1. The van der Waals surface area contributed by atoms with Gasteiger partial charge in [0.1, 0.15) is 23.3 Å². The van der Waals surface area contributed by atoms with E-state index < -0.39 is 17.5 Å². The van der Waals surface area contributed by atoms with Crippen LogP contribution < -0.4 is 5.32 Å². The zero-order chi connectivity index (χ0) is 17.8. The molecule has 0 fully saturated rings. The molecule has 0 spiro atoms. The summed E-state index contributed by atoms with van der Waals surface area (Å²) in [6.07, 6.45) is 0.252. The SMILES string of the molecule is O=C(Cc1n[nH]c(Cc2ccc(F)cc2)n1)Nc1cc(F)cc(F)c1. The van der Waals surface area contributed by atoms with Crippen molar-refractivity contribution in [1.29, 1.82) is 0 Å². The Morgan fingerprint density at radius 1 is 1.00 bits per heavy atom. The maximum atomic E-state index is 13.1. The van der Waals surface area contributed by atoms with Crippen LogP contribution in [-0.4, -0.2) is 21.1 Å². The molecule has 0 aliphatic rings. The first kappa shape index (κ1) is 16.7. The Morgan fingerprint density at radius 3 is 2.36 bits per heavy atom. The maximum absolute atomic E-state index is 13.1. The van der Waals surface area contributed by atoms with E-state index in [1.807, 2.05) is 0 Å². The fraction of sp³-hybridized carbons (Fsp3) is 0.118. The molecule has 1 heterocycles. The zero-order valence-corrected chi connectivity index (χ0v) is 12.9. The van der Waals surface area contributed by atoms with Crippen LogP contribution in [0, 0.1) is 17.5 Å². The van der Waals surface area contributed by atoms with Crippen LogP contribution in [-0.2, 0) is 17.6 Å². The molecular formula is C17H13F3N4O. The van der Waals surface area contributed by atoms with Crippen LogP contribution in [0.1, 0.15) is 17.2 Å². The topological polar surface area (TPSA) is 70.7 Å². The normalized spacial score (nSPS) is 10.7. The summed E-state index contributed by atoms with van der Waals surface area (Å²) in [7, 11) is 0. The Labute approximate surface area is 140 Å². The molecule has 0 unspecified atom stereocenters. The summed E-state index contributed by atoms with van der Waals surface area (Å²) in [6.45, 7) is 0. The lowest BCUT2D eigenvalue weighted by Crippen LogP contribution is -2.15. The Kier molecular flexibility index (Phi) is 4.78. The van der Waals surface area contributed by atoms with E-state index in [0.717, 1.165) is 17.7 Å². The average Bonchev–Trinajstić information content (AvgIpc) is 2.95. The Morgan fingerprint density at radius 2 is 1.68 bits per heavy atom. The third-order valence-electron chi connectivity index (χ3n) is 3.33. The molecule has 0 bridgehead atoms. The number of nitrogens with one attached hydrogen (secondary N) is 2. The summed E-state index contributed by atoms with van der Waals surface area (Å²) < 4.78 is 39.1. The van der Waals surface area contributed by atoms with Gasteiger partial charge in [-0.2, -0.15) is 5.10 Å². The second-order valence-electron chi connectivity index (χ2n) is 5.38. The molecule has 2 N–H and O–H groups in total. The number of anilines is 1. The number of rotatable bonds is 5. The van der Waals surface area contributed by atoms with Crippen LogP contribution in [0.4, 0.5) is 18.9 Å². The summed E-state index contributed by atoms with van der Waals surface area (Å²) in [6, 6.07) is 8.69. The van der Waals surface area contributed by atoms with E-state index >= 15 is 0 Å². The molecule has 0 aliphatic carbocycles. The average molecular weight is 346 g/mol. The molecule has 0 saturated carbocycles. The van der Waals surface area contributed by atoms with Gasteiger partial charge in [-0.3, -0.25) is 9.89 Å². The van der Waals surface area contributed by atoms with Gasteiger partial charge in [-0.15, -0.1) is 0 Å². The quantitative estimate of drug-likeness (QED) is 0.746. The fourth-order valence-electron chi connectivity index (χ4n) is 2.26. The van der Waals surface area contributed by atoms with E-state index in [4.69, 9.17) is 0 Å². The number of hydrogen-bond donors (Lipinski definition) is 2. The van der Waals surface area contributed by atoms with Crippen LogP contribution in [0.25, 0.3) is 0 Å². The predicted molar refractivity (Wildman–Crippen MR) is 84.3 cm³/mol. The smallest absolute Gasteiger partial charge is 0.232 e. The lowest BCUT2D eigenvalue weighted by atomic mass is 10.1. The molecule has 128 valence electrons. The Balaban J connectivity index is 1.60. The number of carbonyl (C=O) groups is 1. The first-order chi connectivity index (χ1) is 12.0. The van der Waals surface area contributed by atoms with Crippen molar-refractivity contribution < 1.29 is 18.0 Å². The fourth-order valence-corrected chi connectivity index (χ4v) is 2.26. The number of nitrogens with zero attached hydrogens (tertiary/aromatic N) is 2. The molecule has 8 heteroatoms. The highest BCUT2D eigenvalue weighted by Crippen LogP contribution is 2.13. The lowest BCUT2D eigenvalue weighted by molar-refractivity contribution is -0.115. The number of aromatic amines is 1. The van der Waals surface area contributed by atoms with Crippen molar-refractivity contribution >= 4 is 11.6 Å². The highest BCUT2D eigenvalue weighted by molar-refractivity contribution is 5.91.